The van der Waals surface area contributed by atoms with Gasteiger partial charge in [-0.1, -0.05) is 0 Å². The van der Waals surface area contributed by atoms with Gasteiger partial charge in [-0.25, -0.2) is 0 Å². The topological polar surface area (TPSA) is 140 Å². The molecule has 8 nitrogen and oxygen atoms in total. The maximum atomic E-state index is 8.55. The highest BCUT2D eigenvalue weighted by molar-refractivity contribution is 6.61. The lowest BCUT2D eigenvalue weighted by Crippen LogP contribution is -2.46. The summed E-state index contributed by atoms with van der Waals surface area (Å²) in [6.45, 7) is 0.769. The van der Waals surface area contributed by atoms with Crippen molar-refractivity contribution < 1.29 is 38.2 Å². The quantitative estimate of drug-likeness (QED) is 0.289. The van der Waals surface area contributed by atoms with Crippen LogP contribution >= 0.6 is 0 Å². The van der Waals surface area contributed by atoms with E-state index in [-0.39, 0.29) is 25.7 Å². The van der Waals surface area contributed by atoms with Gasteiger partial charge >= 0.3 is 18.3 Å². The monoisotopic (exact) mass is 330 g/mol. The molecule has 122 valence electrons. The van der Waals surface area contributed by atoms with Crippen molar-refractivity contribution in [2.75, 3.05) is 26.4 Å². The molecule has 10 heteroatoms. The second kappa shape index (κ2) is 11.7. The fourth-order valence-corrected chi connectivity index (χ4v) is 4.97. The van der Waals surface area contributed by atoms with Crippen molar-refractivity contribution in [3.8, 4) is 0 Å². The minimum Gasteiger partial charge on any atom is -0.397 e. The zero-order valence-electron chi connectivity index (χ0n) is 11.5. The summed E-state index contributed by atoms with van der Waals surface area (Å²) in [5.41, 5.74) is 0. The maximum Gasteiger partial charge on any atom is 0.662 e. The fourth-order valence-electron chi connectivity index (χ4n) is 1.60. The SMILES string of the molecule is OCCCC(CO)CO.O[Si](O)(O)O[SiH]1CCCCO1. The predicted molar refractivity (Wildman–Crippen MR) is 74.6 cm³/mol. The molecule has 1 heterocycles. The summed E-state index contributed by atoms with van der Waals surface area (Å²) in [4.78, 5) is 25.7. The molecule has 0 amide bonds. The van der Waals surface area contributed by atoms with E-state index >= 15 is 0 Å². The van der Waals surface area contributed by atoms with Gasteiger partial charge < -0.3 is 38.2 Å². The first-order valence-corrected chi connectivity index (χ1v) is 10.2. The Hall–Kier alpha value is 0.114. The van der Waals surface area contributed by atoms with Crippen molar-refractivity contribution in [1.29, 1.82) is 0 Å². The Bertz CT molecular complexity index is 216. The lowest BCUT2D eigenvalue weighted by molar-refractivity contribution is 0.101. The molecule has 1 aliphatic heterocycles. The van der Waals surface area contributed by atoms with Crippen LogP contribution in [-0.4, -0.2) is 74.5 Å². The van der Waals surface area contributed by atoms with Crippen molar-refractivity contribution in [3.63, 3.8) is 0 Å². The zero-order chi connectivity index (χ0) is 15.4. The van der Waals surface area contributed by atoms with E-state index in [0.29, 0.717) is 19.4 Å². The zero-order valence-corrected chi connectivity index (χ0v) is 13.7. The molecule has 1 aliphatic rings. The van der Waals surface area contributed by atoms with Crippen molar-refractivity contribution in [2.45, 2.75) is 31.7 Å². The third-order valence-electron chi connectivity index (χ3n) is 2.71. The van der Waals surface area contributed by atoms with Gasteiger partial charge in [-0.05, 0) is 31.7 Å². The molecule has 1 saturated heterocycles. The Morgan fingerprint density at radius 3 is 2.15 bits per heavy atom. The Balaban J connectivity index is 0.000000370. The highest BCUT2D eigenvalue weighted by Gasteiger charge is 2.36. The van der Waals surface area contributed by atoms with E-state index in [0.717, 1.165) is 18.9 Å². The van der Waals surface area contributed by atoms with Crippen molar-refractivity contribution in [2.24, 2.45) is 5.92 Å². The second-order valence-corrected chi connectivity index (χ2v) is 8.45. The first-order chi connectivity index (χ1) is 9.42. The third kappa shape index (κ3) is 11.9. The lowest BCUT2D eigenvalue weighted by atomic mass is 10.1. The minimum absolute atomic E-state index is 0.0104. The van der Waals surface area contributed by atoms with E-state index in [4.69, 9.17) is 34.1 Å². The molecule has 0 spiro atoms. The van der Waals surface area contributed by atoms with Gasteiger partial charge in [-0.3, -0.25) is 0 Å². The summed E-state index contributed by atoms with van der Waals surface area (Å²) < 4.78 is 9.73. The molecule has 1 atom stereocenters. The number of aliphatic hydroxyl groups is 3. The summed E-state index contributed by atoms with van der Waals surface area (Å²) in [6, 6.07) is 0.746. The largest absolute Gasteiger partial charge is 0.662 e. The average Bonchev–Trinajstić information content (AvgIpc) is 2.40. The predicted octanol–water partition coefficient (Wildman–Crippen LogP) is -2.19. The summed E-state index contributed by atoms with van der Waals surface area (Å²) in [5.74, 6) is -0.0443. The molecule has 1 fully saturated rings. The molecular formula is C10H26O8Si2. The molecule has 0 aliphatic carbocycles. The fraction of sp³-hybridized carbons (Fsp3) is 1.00. The van der Waals surface area contributed by atoms with Crippen LogP contribution < -0.4 is 0 Å². The Morgan fingerprint density at radius 1 is 1.10 bits per heavy atom. The van der Waals surface area contributed by atoms with E-state index in [9.17, 15) is 0 Å². The van der Waals surface area contributed by atoms with Crippen LogP contribution in [0.5, 0.6) is 0 Å². The molecule has 0 radical (unpaired) electrons. The highest BCUT2D eigenvalue weighted by atomic mass is 28.5. The number of hydrogen-bond donors (Lipinski definition) is 6. The molecule has 20 heavy (non-hydrogen) atoms. The van der Waals surface area contributed by atoms with E-state index in [1.807, 2.05) is 0 Å². The van der Waals surface area contributed by atoms with Crippen LogP contribution in [0.1, 0.15) is 25.7 Å². The van der Waals surface area contributed by atoms with Gasteiger partial charge in [0, 0.05) is 32.3 Å². The lowest BCUT2D eigenvalue weighted by Gasteiger charge is -2.23. The number of rotatable bonds is 7. The van der Waals surface area contributed by atoms with Gasteiger partial charge in [-0.15, -0.1) is 0 Å². The van der Waals surface area contributed by atoms with Crippen LogP contribution in [0.4, 0.5) is 0 Å². The van der Waals surface area contributed by atoms with Crippen molar-refractivity contribution in [1.82, 2.24) is 0 Å². The van der Waals surface area contributed by atoms with Crippen LogP contribution in [-0.2, 0) is 8.54 Å². The van der Waals surface area contributed by atoms with E-state index < -0.39 is 18.3 Å². The minimum atomic E-state index is -4.31. The van der Waals surface area contributed by atoms with Crippen LogP contribution in [0, 0.1) is 5.92 Å². The van der Waals surface area contributed by atoms with Gasteiger partial charge in [0.25, 0.3) is 0 Å². The number of aliphatic hydroxyl groups excluding tert-OH is 3. The standard InChI is InChI=1S/C6H14O3.C4H12O5Si2/c7-3-1-2-6(4-8)5-9;5-11(6,7)9-10-4-2-1-3-8-10/h6-9H,1-5H2;5-7,10H,1-4H2. The smallest absolute Gasteiger partial charge is 0.397 e. The average molecular weight is 330 g/mol. The molecule has 1 unspecified atom stereocenters. The van der Waals surface area contributed by atoms with Gasteiger partial charge in [0.15, 0.2) is 0 Å². The van der Waals surface area contributed by atoms with Gasteiger partial charge in [0.05, 0.1) is 0 Å². The molecule has 6 N–H and O–H groups in total. The Morgan fingerprint density at radius 2 is 1.75 bits per heavy atom. The van der Waals surface area contributed by atoms with Crippen molar-refractivity contribution in [3.05, 3.63) is 0 Å². The molecule has 0 aromatic heterocycles. The van der Waals surface area contributed by atoms with Crippen LogP contribution in [0.3, 0.4) is 0 Å². The molecular weight excluding hydrogens is 304 g/mol. The molecule has 0 bridgehead atoms. The van der Waals surface area contributed by atoms with E-state index in [2.05, 4.69) is 4.12 Å². The Kier molecular flexibility index (Phi) is 11.8. The molecule has 0 saturated carbocycles. The highest BCUT2D eigenvalue weighted by Crippen LogP contribution is 2.13. The van der Waals surface area contributed by atoms with Crippen LogP contribution in [0.15, 0.2) is 0 Å². The molecule has 0 aromatic carbocycles. The van der Waals surface area contributed by atoms with E-state index in [1.54, 1.807) is 0 Å². The Labute approximate surface area is 121 Å². The second-order valence-electron chi connectivity index (χ2n) is 4.58. The van der Waals surface area contributed by atoms with Crippen molar-refractivity contribution >= 4 is 18.3 Å². The summed E-state index contributed by atoms with van der Waals surface area (Å²) >= 11 is 0. The first-order valence-electron chi connectivity index (χ1n) is 6.72. The molecule has 1 rings (SSSR count). The summed E-state index contributed by atoms with van der Waals surface area (Å²) in [7, 11) is -6.25. The van der Waals surface area contributed by atoms with Gasteiger partial charge in [0.2, 0.25) is 0 Å². The maximum absolute atomic E-state index is 8.55. The van der Waals surface area contributed by atoms with Crippen LogP contribution in [0.25, 0.3) is 0 Å². The normalized spacial score (nSPS) is 19.6. The van der Waals surface area contributed by atoms with Gasteiger partial charge in [-0.2, -0.15) is 0 Å². The van der Waals surface area contributed by atoms with Gasteiger partial charge in [0.1, 0.15) is 0 Å². The first kappa shape index (κ1) is 20.1. The summed E-state index contributed by atoms with van der Waals surface area (Å²) in [5, 5.41) is 25.4. The van der Waals surface area contributed by atoms with E-state index in [1.165, 1.54) is 0 Å². The number of hydrogen-bond acceptors (Lipinski definition) is 8. The summed E-state index contributed by atoms with van der Waals surface area (Å²) in [6.07, 6.45) is 3.33. The molecule has 0 aromatic rings. The third-order valence-corrected chi connectivity index (χ3v) is 6.52. The van der Waals surface area contributed by atoms with Crippen LogP contribution in [0.2, 0.25) is 6.04 Å².